The monoisotopic (exact) mass is 339 g/mol. The van der Waals surface area contributed by atoms with E-state index in [-0.39, 0.29) is 5.41 Å². The van der Waals surface area contributed by atoms with Crippen molar-refractivity contribution in [3.05, 3.63) is 23.8 Å². The van der Waals surface area contributed by atoms with E-state index in [1.54, 1.807) is 21.3 Å². The maximum absolute atomic E-state index is 6.07. The van der Waals surface area contributed by atoms with Gasteiger partial charge in [0.25, 0.3) is 0 Å². The highest BCUT2D eigenvalue weighted by molar-refractivity contribution is 5.44. The maximum Gasteiger partial charge on any atom is 0.123 e. The van der Waals surface area contributed by atoms with Crippen LogP contribution in [0.25, 0.3) is 0 Å². The van der Waals surface area contributed by atoms with Crippen LogP contribution in [0.1, 0.15) is 26.3 Å². The molecule has 0 spiro atoms. The topological polar surface area (TPSA) is 40.2 Å². The third kappa shape index (κ3) is 7.07. The summed E-state index contributed by atoms with van der Waals surface area (Å²) in [6, 6.07) is 6.00. The van der Waals surface area contributed by atoms with Gasteiger partial charge in [0.05, 0.1) is 20.3 Å². The molecule has 0 aliphatic rings. The van der Waals surface area contributed by atoms with Gasteiger partial charge in [0, 0.05) is 39.4 Å². The van der Waals surface area contributed by atoms with Gasteiger partial charge in [-0.25, -0.2) is 0 Å². The fourth-order valence-corrected chi connectivity index (χ4v) is 2.41. The van der Waals surface area contributed by atoms with E-state index >= 15 is 0 Å². The Kier molecular flexibility index (Phi) is 9.11. The SMILES string of the molecule is COCCN(CCOC)CCOc1ccc(OC)cc1C(C)(C)C. The molecule has 1 aromatic carbocycles. The van der Waals surface area contributed by atoms with Gasteiger partial charge in [-0.15, -0.1) is 0 Å². The molecule has 0 heterocycles. The summed E-state index contributed by atoms with van der Waals surface area (Å²) >= 11 is 0. The van der Waals surface area contributed by atoms with E-state index in [9.17, 15) is 0 Å². The molecule has 0 atom stereocenters. The number of benzene rings is 1. The Bertz CT molecular complexity index is 463. The van der Waals surface area contributed by atoms with Crippen molar-refractivity contribution < 1.29 is 18.9 Å². The number of nitrogens with zero attached hydrogens (tertiary/aromatic N) is 1. The lowest BCUT2D eigenvalue weighted by Crippen LogP contribution is -2.34. The largest absolute Gasteiger partial charge is 0.497 e. The molecular weight excluding hydrogens is 306 g/mol. The van der Waals surface area contributed by atoms with Crippen molar-refractivity contribution in [3.63, 3.8) is 0 Å². The minimum atomic E-state index is -0.00430. The van der Waals surface area contributed by atoms with Gasteiger partial charge >= 0.3 is 0 Å². The highest BCUT2D eigenvalue weighted by atomic mass is 16.5. The van der Waals surface area contributed by atoms with E-state index in [1.807, 2.05) is 12.1 Å². The number of methoxy groups -OCH3 is 3. The lowest BCUT2D eigenvalue weighted by atomic mass is 9.86. The van der Waals surface area contributed by atoms with Crippen LogP contribution in [0.2, 0.25) is 0 Å². The van der Waals surface area contributed by atoms with E-state index < -0.39 is 0 Å². The van der Waals surface area contributed by atoms with E-state index in [1.165, 1.54) is 0 Å². The first kappa shape index (κ1) is 20.7. The molecule has 0 aliphatic carbocycles. The summed E-state index contributed by atoms with van der Waals surface area (Å²) in [5.41, 5.74) is 1.15. The lowest BCUT2D eigenvalue weighted by molar-refractivity contribution is 0.103. The number of ether oxygens (including phenoxy) is 4. The van der Waals surface area contributed by atoms with Crippen molar-refractivity contribution >= 4 is 0 Å². The van der Waals surface area contributed by atoms with Crippen LogP contribution in [-0.2, 0) is 14.9 Å². The molecule has 1 rings (SSSR count). The molecule has 0 radical (unpaired) electrons. The Labute approximate surface area is 146 Å². The van der Waals surface area contributed by atoms with Crippen molar-refractivity contribution in [3.8, 4) is 11.5 Å². The van der Waals surface area contributed by atoms with Gasteiger partial charge in [-0.05, 0) is 23.6 Å². The second-order valence-corrected chi connectivity index (χ2v) is 6.79. The summed E-state index contributed by atoms with van der Waals surface area (Å²) in [6.45, 7) is 11.2. The van der Waals surface area contributed by atoms with Crippen molar-refractivity contribution in [1.29, 1.82) is 0 Å². The molecular formula is C19H33NO4. The Morgan fingerprint density at radius 2 is 1.46 bits per heavy atom. The molecule has 0 amide bonds. The molecule has 0 fully saturated rings. The van der Waals surface area contributed by atoms with Crippen LogP contribution in [0.15, 0.2) is 18.2 Å². The number of hydrogen-bond donors (Lipinski definition) is 0. The van der Waals surface area contributed by atoms with Crippen LogP contribution in [-0.4, -0.2) is 65.7 Å². The molecule has 0 N–H and O–H groups in total. The van der Waals surface area contributed by atoms with Gasteiger partial charge in [-0.3, -0.25) is 4.90 Å². The van der Waals surface area contributed by atoms with Gasteiger partial charge in [-0.2, -0.15) is 0 Å². The fourth-order valence-electron chi connectivity index (χ4n) is 2.41. The molecule has 0 saturated heterocycles. The van der Waals surface area contributed by atoms with Crippen molar-refractivity contribution in [2.75, 3.05) is 60.8 Å². The van der Waals surface area contributed by atoms with E-state index in [2.05, 4.69) is 31.7 Å². The molecule has 138 valence electrons. The van der Waals surface area contributed by atoms with Crippen LogP contribution >= 0.6 is 0 Å². The minimum absolute atomic E-state index is 0.00430. The van der Waals surface area contributed by atoms with E-state index in [0.717, 1.165) is 36.7 Å². The van der Waals surface area contributed by atoms with Gasteiger partial charge in [-0.1, -0.05) is 20.8 Å². The Hall–Kier alpha value is -1.30. The molecule has 0 saturated carbocycles. The quantitative estimate of drug-likeness (QED) is 0.620. The molecule has 5 nitrogen and oxygen atoms in total. The summed E-state index contributed by atoms with van der Waals surface area (Å²) in [5, 5.41) is 0. The van der Waals surface area contributed by atoms with Gasteiger partial charge in [0.1, 0.15) is 18.1 Å². The second-order valence-electron chi connectivity index (χ2n) is 6.79. The first-order chi connectivity index (χ1) is 11.4. The maximum atomic E-state index is 6.07. The summed E-state index contributed by atoms with van der Waals surface area (Å²) in [7, 11) is 5.13. The van der Waals surface area contributed by atoms with Crippen molar-refractivity contribution in [2.24, 2.45) is 0 Å². The standard InChI is InChI=1S/C19H33NO4/c1-19(2,3)17-15-16(23-6)7-8-18(17)24-14-11-20(9-12-21-4)10-13-22-5/h7-8,15H,9-14H2,1-6H3. The Morgan fingerprint density at radius 3 is 1.96 bits per heavy atom. The highest BCUT2D eigenvalue weighted by Crippen LogP contribution is 2.34. The molecule has 5 heteroatoms. The first-order valence-electron chi connectivity index (χ1n) is 8.44. The van der Waals surface area contributed by atoms with Crippen LogP contribution in [0, 0.1) is 0 Å². The van der Waals surface area contributed by atoms with Crippen LogP contribution in [0.3, 0.4) is 0 Å². The van der Waals surface area contributed by atoms with Gasteiger partial charge < -0.3 is 18.9 Å². The summed E-state index contributed by atoms with van der Waals surface area (Å²) in [4.78, 5) is 2.29. The highest BCUT2D eigenvalue weighted by Gasteiger charge is 2.20. The molecule has 1 aromatic rings. The lowest BCUT2D eigenvalue weighted by Gasteiger charge is -2.25. The summed E-state index contributed by atoms with van der Waals surface area (Å²) in [5.74, 6) is 1.77. The zero-order valence-electron chi connectivity index (χ0n) is 16.1. The minimum Gasteiger partial charge on any atom is -0.497 e. The smallest absolute Gasteiger partial charge is 0.123 e. The third-order valence-corrected chi connectivity index (χ3v) is 3.88. The Balaban J connectivity index is 2.67. The van der Waals surface area contributed by atoms with Crippen LogP contribution in [0.4, 0.5) is 0 Å². The third-order valence-electron chi connectivity index (χ3n) is 3.88. The fraction of sp³-hybridized carbons (Fsp3) is 0.684. The zero-order chi connectivity index (χ0) is 18.0. The predicted molar refractivity (Wildman–Crippen MR) is 97.4 cm³/mol. The Morgan fingerprint density at radius 1 is 0.875 bits per heavy atom. The summed E-state index contributed by atoms with van der Waals surface area (Å²) < 4.78 is 21.8. The molecule has 0 aliphatic heterocycles. The molecule has 0 aromatic heterocycles. The first-order valence-corrected chi connectivity index (χ1v) is 8.44. The average Bonchev–Trinajstić information content (AvgIpc) is 2.56. The molecule has 24 heavy (non-hydrogen) atoms. The van der Waals surface area contributed by atoms with Crippen LogP contribution in [0.5, 0.6) is 11.5 Å². The predicted octanol–water partition coefficient (Wildman–Crippen LogP) is 2.97. The number of rotatable bonds is 11. The average molecular weight is 339 g/mol. The van der Waals surface area contributed by atoms with Gasteiger partial charge in [0.15, 0.2) is 0 Å². The van der Waals surface area contributed by atoms with E-state index in [4.69, 9.17) is 18.9 Å². The van der Waals surface area contributed by atoms with Gasteiger partial charge in [0.2, 0.25) is 0 Å². The molecule has 0 unspecified atom stereocenters. The summed E-state index contributed by atoms with van der Waals surface area (Å²) in [6.07, 6.45) is 0. The van der Waals surface area contributed by atoms with Crippen molar-refractivity contribution in [1.82, 2.24) is 4.90 Å². The van der Waals surface area contributed by atoms with Crippen LogP contribution < -0.4 is 9.47 Å². The second kappa shape index (κ2) is 10.5. The van der Waals surface area contributed by atoms with E-state index in [0.29, 0.717) is 19.8 Å². The number of hydrogen-bond acceptors (Lipinski definition) is 5. The zero-order valence-corrected chi connectivity index (χ0v) is 16.1. The molecule has 0 bridgehead atoms. The van der Waals surface area contributed by atoms with Crippen molar-refractivity contribution in [2.45, 2.75) is 26.2 Å². The normalized spacial score (nSPS) is 11.8.